The molecule has 0 atom stereocenters. The Morgan fingerprint density at radius 2 is 1.21 bits per heavy atom. The summed E-state index contributed by atoms with van der Waals surface area (Å²) in [5.41, 5.74) is 12.0. The lowest BCUT2D eigenvalue weighted by molar-refractivity contribution is 0.881. The van der Waals surface area contributed by atoms with Gasteiger partial charge in [0.05, 0.1) is 5.70 Å². The standard InChI is InChI=1S/C25H31N3/c1-16-10-7-11-17(2)24(16)26-20(5)22-14-9-15-23(28-22)21(6)27-25-18(3)12-8-13-19(25)4/h7-14,26-28H,15H2,1-6H3. The molecular weight excluding hydrogens is 342 g/mol. The summed E-state index contributed by atoms with van der Waals surface area (Å²) < 4.78 is 0. The summed E-state index contributed by atoms with van der Waals surface area (Å²) in [5.74, 6) is 0. The number of rotatable bonds is 4. The summed E-state index contributed by atoms with van der Waals surface area (Å²) in [6.07, 6.45) is 5.27. The van der Waals surface area contributed by atoms with E-state index in [0.717, 1.165) is 23.5 Å². The summed E-state index contributed by atoms with van der Waals surface area (Å²) >= 11 is 0. The van der Waals surface area contributed by atoms with Crippen LogP contribution < -0.4 is 16.0 Å². The molecule has 3 rings (SSSR count). The minimum absolute atomic E-state index is 0.893. The van der Waals surface area contributed by atoms with E-state index in [-0.39, 0.29) is 0 Å². The SMILES string of the molecule is CC(Nc1c(C)cccc1C)=C1C=CCC(=C(C)Nc2c(C)cccc2C)N1. The Morgan fingerprint density at radius 1 is 0.750 bits per heavy atom. The average Bonchev–Trinajstić information content (AvgIpc) is 2.67. The van der Waals surface area contributed by atoms with E-state index < -0.39 is 0 Å². The lowest BCUT2D eigenvalue weighted by Gasteiger charge is -2.23. The Morgan fingerprint density at radius 3 is 1.71 bits per heavy atom. The van der Waals surface area contributed by atoms with E-state index in [1.807, 2.05) is 0 Å². The fourth-order valence-electron chi connectivity index (χ4n) is 3.56. The van der Waals surface area contributed by atoms with E-state index in [4.69, 9.17) is 0 Å². The third-order valence-electron chi connectivity index (χ3n) is 5.34. The number of hydrogen-bond donors (Lipinski definition) is 3. The maximum atomic E-state index is 3.62. The lowest BCUT2D eigenvalue weighted by atomic mass is 10.1. The highest BCUT2D eigenvalue weighted by Gasteiger charge is 2.12. The van der Waals surface area contributed by atoms with Gasteiger partial charge < -0.3 is 16.0 Å². The van der Waals surface area contributed by atoms with E-state index >= 15 is 0 Å². The van der Waals surface area contributed by atoms with Gasteiger partial charge in [0, 0.05) is 34.9 Å². The highest BCUT2D eigenvalue weighted by molar-refractivity contribution is 5.62. The van der Waals surface area contributed by atoms with Crippen LogP contribution in [0.5, 0.6) is 0 Å². The molecule has 3 heteroatoms. The Hall–Kier alpha value is -2.94. The van der Waals surface area contributed by atoms with E-state index in [1.54, 1.807) is 0 Å². The molecule has 0 bridgehead atoms. The minimum Gasteiger partial charge on any atom is -0.357 e. The van der Waals surface area contributed by atoms with Gasteiger partial charge in [0.15, 0.2) is 0 Å². The van der Waals surface area contributed by atoms with E-state index in [9.17, 15) is 0 Å². The molecule has 0 aliphatic carbocycles. The quantitative estimate of drug-likeness (QED) is 0.576. The monoisotopic (exact) mass is 373 g/mol. The smallest absolute Gasteiger partial charge is 0.0572 e. The Labute approximate surface area is 169 Å². The lowest BCUT2D eigenvalue weighted by Crippen LogP contribution is -2.21. The molecule has 0 fully saturated rings. The highest BCUT2D eigenvalue weighted by atomic mass is 15.0. The molecule has 0 unspecified atom stereocenters. The number of nitrogens with one attached hydrogen (secondary N) is 3. The van der Waals surface area contributed by atoms with Crippen molar-refractivity contribution < 1.29 is 0 Å². The predicted octanol–water partition coefficient (Wildman–Crippen LogP) is 6.46. The molecule has 0 saturated carbocycles. The van der Waals surface area contributed by atoms with Gasteiger partial charge in [-0.2, -0.15) is 0 Å². The van der Waals surface area contributed by atoms with Gasteiger partial charge in [-0.15, -0.1) is 0 Å². The zero-order valence-corrected chi connectivity index (χ0v) is 17.8. The van der Waals surface area contributed by atoms with Gasteiger partial charge in [-0.1, -0.05) is 42.5 Å². The van der Waals surface area contributed by atoms with Gasteiger partial charge in [0.2, 0.25) is 0 Å². The second-order valence-electron chi connectivity index (χ2n) is 7.66. The number of hydrogen-bond acceptors (Lipinski definition) is 3. The van der Waals surface area contributed by atoms with E-state index in [2.05, 4.69) is 106 Å². The van der Waals surface area contributed by atoms with Gasteiger partial charge in [-0.25, -0.2) is 0 Å². The fourth-order valence-corrected chi connectivity index (χ4v) is 3.56. The zero-order chi connectivity index (χ0) is 20.3. The Balaban J connectivity index is 1.84. The fraction of sp³-hybridized carbons (Fsp3) is 0.280. The molecule has 1 aliphatic heterocycles. The molecule has 3 nitrogen and oxygen atoms in total. The van der Waals surface area contributed by atoms with Gasteiger partial charge >= 0.3 is 0 Å². The molecule has 2 aromatic rings. The highest BCUT2D eigenvalue weighted by Crippen LogP contribution is 2.26. The van der Waals surface area contributed by atoms with Crippen LogP contribution in [0.4, 0.5) is 11.4 Å². The third kappa shape index (κ3) is 4.30. The maximum absolute atomic E-state index is 3.62. The summed E-state index contributed by atoms with van der Waals surface area (Å²) in [7, 11) is 0. The minimum atomic E-state index is 0.893. The molecule has 3 N–H and O–H groups in total. The van der Waals surface area contributed by atoms with Gasteiger partial charge in [0.1, 0.15) is 0 Å². The van der Waals surface area contributed by atoms with Crippen molar-refractivity contribution in [2.24, 2.45) is 0 Å². The average molecular weight is 374 g/mol. The van der Waals surface area contributed by atoms with Crippen molar-refractivity contribution >= 4 is 11.4 Å². The summed E-state index contributed by atoms with van der Waals surface area (Å²) in [6.45, 7) is 12.8. The summed E-state index contributed by atoms with van der Waals surface area (Å²) in [5, 5.41) is 10.8. The van der Waals surface area contributed by atoms with Crippen LogP contribution in [0.2, 0.25) is 0 Å². The molecule has 0 amide bonds. The van der Waals surface area contributed by atoms with Crippen LogP contribution in [-0.2, 0) is 0 Å². The summed E-state index contributed by atoms with van der Waals surface area (Å²) in [4.78, 5) is 0. The zero-order valence-electron chi connectivity index (χ0n) is 17.8. The molecule has 1 heterocycles. The second-order valence-corrected chi connectivity index (χ2v) is 7.66. The second kappa shape index (κ2) is 8.39. The summed E-state index contributed by atoms with van der Waals surface area (Å²) in [6, 6.07) is 12.8. The predicted molar refractivity (Wildman–Crippen MR) is 121 cm³/mol. The van der Waals surface area contributed by atoms with Crippen molar-refractivity contribution in [3.63, 3.8) is 0 Å². The molecule has 0 aromatic heterocycles. The number of benzene rings is 2. The van der Waals surface area contributed by atoms with Gasteiger partial charge in [-0.3, -0.25) is 0 Å². The topological polar surface area (TPSA) is 36.1 Å². The van der Waals surface area contributed by atoms with Crippen LogP contribution in [0.3, 0.4) is 0 Å². The molecule has 0 spiro atoms. The van der Waals surface area contributed by atoms with Crippen LogP contribution in [-0.4, -0.2) is 0 Å². The number of allylic oxidation sites excluding steroid dienone is 4. The molecular formula is C25H31N3. The van der Waals surface area contributed by atoms with Crippen molar-refractivity contribution in [3.8, 4) is 0 Å². The van der Waals surface area contributed by atoms with Crippen molar-refractivity contribution in [1.29, 1.82) is 0 Å². The first kappa shape index (κ1) is 19.8. The molecule has 2 aromatic carbocycles. The van der Waals surface area contributed by atoms with E-state index in [0.29, 0.717) is 0 Å². The molecule has 28 heavy (non-hydrogen) atoms. The van der Waals surface area contributed by atoms with Crippen LogP contribution in [0.25, 0.3) is 0 Å². The Kier molecular flexibility index (Phi) is 5.93. The number of aryl methyl sites for hydroxylation is 4. The molecule has 0 saturated heterocycles. The molecule has 146 valence electrons. The van der Waals surface area contributed by atoms with Gasteiger partial charge in [0.25, 0.3) is 0 Å². The first-order valence-electron chi connectivity index (χ1n) is 9.87. The largest absolute Gasteiger partial charge is 0.357 e. The number of anilines is 2. The van der Waals surface area contributed by atoms with Crippen LogP contribution >= 0.6 is 0 Å². The van der Waals surface area contributed by atoms with Crippen molar-refractivity contribution in [2.75, 3.05) is 10.6 Å². The van der Waals surface area contributed by atoms with Crippen molar-refractivity contribution in [1.82, 2.24) is 5.32 Å². The third-order valence-corrected chi connectivity index (χ3v) is 5.34. The van der Waals surface area contributed by atoms with Crippen LogP contribution in [0.15, 0.2) is 71.3 Å². The van der Waals surface area contributed by atoms with Gasteiger partial charge in [-0.05, 0) is 69.9 Å². The molecule has 0 radical (unpaired) electrons. The normalized spacial score (nSPS) is 17.1. The Bertz CT molecular complexity index is 937. The van der Waals surface area contributed by atoms with Crippen molar-refractivity contribution in [2.45, 2.75) is 48.0 Å². The van der Waals surface area contributed by atoms with E-state index in [1.165, 1.54) is 39.3 Å². The first-order valence-corrected chi connectivity index (χ1v) is 9.87. The van der Waals surface area contributed by atoms with Crippen LogP contribution in [0, 0.1) is 27.7 Å². The van der Waals surface area contributed by atoms with Crippen LogP contribution in [0.1, 0.15) is 42.5 Å². The maximum Gasteiger partial charge on any atom is 0.0572 e. The first-order chi connectivity index (χ1) is 13.4. The molecule has 1 aliphatic rings. The van der Waals surface area contributed by atoms with Crippen molar-refractivity contribution in [3.05, 3.63) is 93.6 Å². The number of para-hydroxylation sites is 2.